The van der Waals surface area contributed by atoms with Crippen LogP contribution in [0.25, 0.3) is 0 Å². The Bertz CT molecular complexity index is 572. The van der Waals surface area contributed by atoms with E-state index in [1.807, 2.05) is 6.92 Å². The summed E-state index contributed by atoms with van der Waals surface area (Å²) in [4.78, 5) is 11.6. The highest BCUT2D eigenvalue weighted by atomic mass is 16.5. The van der Waals surface area contributed by atoms with Crippen LogP contribution in [-0.4, -0.2) is 48.1 Å². The summed E-state index contributed by atoms with van der Waals surface area (Å²) in [6.45, 7) is 8.93. The molecule has 0 fully saturated rings. The molecule has 0 aliphatic heterocycles. The highest BCUT2D eigenvalue weighted by molar-refractivity contribution is 6.60. The van der Waals surface area contributed by atoms with Crippen molar-refractivity contribution in [3.8, 4) is 5.75 Å². The molecule has 0 unspecified atom stereocenters. The molecule has 1 aromatic rings. The monoisotopic (exact) mass is 338 g/mol. The van der Waals surface area contributed by atoms with Crippen molar-refractivity contribution in [2.24, 2.45) is 0 Å². The van der Waals surface area contributed by atoms with Gasteiger partial charge in [0.15, 0.2) is 0 Å². The molecule has 0 bridgehead atoms. The normalized spacial score (nSPS) is 11.8. The minimum Gasteiger partial charge on any atom is -0.495 e. The van der Waals surface area contributed by atoms with Gasteiger partial charge in [-0.3, -0.25) is 0 Å². The fraction of sp³-hybridized carbons (Fsp3) is 0.562. The van der Waals surface area contributed by atoms with E-state index in [-0.39, 0.29) is 6.03 Å². The minimum absolute atomic E-state index is 0.344. The molecule has 0 atom stereocenters. The summed E-state index contributed by atoms with van der Waals surface area (Å²) < 4.78 is 10.9. The van der Waals surface area contributed by atoms with Gasteiger partial charge in [0.1, 0.15) is 5.75 Å². The number of hydrogen-bond donors (Lipinski definition) is 4. The number of nitrogens with one attached hydrogen (secondary N) is 2. The lowest BCUT2D eigenvalue weighted by Gasteiger charge is -2.38. The predicted octanol–water partition coefficient (Wildman–Crippen LogP) is 1.09. The van der Waals surface area contributed by atoms with Gasteiger partial charge < -0.3 is 30.2 Å². The Balaban J connectivity index is 2.96. The summed E-state index contributed by atoms with van der Waals surface area (Å²) >= 11 is 0. The van der Waals surface area contributed by atoms with Crippen molar-refractivity contribution in [3.05, 3.63) is 18.2 Å². The van der Waals surface area contributed by atoms with E-state index in [0.29, 0.717) is 23.4 Å². The van der Waals surface area contributed by atoms with Crippen molar-refractivity contribution in [3.63, 3.8) is 0 Å². The van der Waals surface area contributed by atoms with E-state index in [2.05, 4.69) is 10.6 Å². The molecule has 0 aliphatic rings. The van der Waals surface area contributed by atoms with E-state index in [4.69, 9.17) is 9.39 Å². The lowest BCUT2D eigenvalue weighted by molar-refractivity contribution is -0.0982. The number of aliphatic hydroxyl groups is 1. The Kier molecular flexibility index (Phi) is 6.65. The molecule has 0 aromatic heterocycles. The lowest BCUT2D eigenvalue weighted by atomic mass is 9.76. The number of urea groups is 1. The highest BCUT2D eigenvalue weighted by Gasteiger charge is 2.39. The molecule has 0 saturated heterocycles. The Morgan fingerprint density at radius 1 is 1.29 bits per heavy atom. The Morgan fingerprint density at radius 3 is 2.42 bits per heavy atom. The average Bonchev–Trinajstić information content (AvgIpc) is 2.46. The van der Waals surface area contributed by atoms with Gasteiger partial charge >= 0.3 is 13.1 Å². The number of methoxy groups -OCH3 is 1. The van der Waals surface area contributed by atoms with E-state index in [1.54, 1.807) is 45.9 Å². The van der Waals surface area contributed by atoms with Crippen molar-refractivity contribution >= 4 is 24.3 Å². The second-order valence-corrected chi connectivity index (χ2v) is 6.48. The number of ether oxygens (including phenoxy) is 1. The van der Waals surface area contributed by atoms with Crippen molar-refractivity contribution in [1.29, 1.82) is 0 Å². The fourth-order valence-corrected chi connectivity index (χ4v) is 1.78. The maximum atomic E-state index is 11.6. The van der Waals surface area contributed by atoms with Gasteiger partial charge in [-0.05, 0) is 52.2 Å². The van der Waals surface area contributed by atoms with Crippen molar-refractivity contribution in [2.45, 2.75) is 45.8 Å². The summed E-state index contributed by atoms with van der Waals surface area (Å²) in [5.74, 6) is 0.391. The first-order valence-corrected chi connectivity index (χ1v) is 7.83. The molecule has 1 aromatic carbocycles. The number of anilines is 1. The van der Waals surface area contributed by atoms with Gasteiger partial charge in [0.2, 0.25) is 0 Å². The van der Waals surface area contributed by atoms with Crippen molar-refractivity contribution in [2.75, 3.05) is 19.0 Å². The Hall–Kier alpha value is -1.77. The third-order valence-electron chi connectivity index (χ3n) is 3.98. The third kappa shape index (κ3) is 5.12. The summed E-state index contributed by atoms with van der Waals surface area (Å²) in [5.41, 5.74) is -1.19. The number of amides is 2. The SMILES string of the molecule is CCNC(=O)Nc1ccc(B(O)OC(C)(C)C(C)(C)O)cc1OC. The average molecular weight is 338 g/mol. The molecule has 0 heterocycles. The van der Waals surface area contributed by atoms with E-state index in [1.165, 1.54) is 7.11 Å². The minimum atomic E-state index is -1.25. The maximum Gasteiger partial charge on any atom is 0.491 e. The summed E-state index contributed by atoms with van der Waals surface area (Å²) in [7, 11) is 0.217. The van der Waals surface area contributed by atoms with Gasteiger partial charge in [-0.15, -0.1) is 0 Å². The van der Waals surface area contributed by atoms with Crippen LogP contribution in [0.4, 0.5) is 10.5 Å². The second-order valence-electron chi connectivity index (χ2n) is 6.48. The topological polar surface area (TPSA) is 100 Å². The van der Waals surface area contributed by atoms with Gasteiger partial charge in [0, 0.05) is 6.54 Å². The van der Waals surface area contributed by atoms with Gasteiger partial charge in [-0.2, -0.15) is 0 Å². The van der Waals surface area contributed by atoms with Crippen LogP contribution in [0.5, 0.6) is 5.75 Å². The van der Waals surface area contributed by atoms with Crippen LogP contribution in [0.2, 0.25) is 0 Å². The van der Waals surface area contributed by atoms with E-state index in [9.17, 15) is 14.9 Å². The standard InChI is InChI=1S/C16H27BN2O5/c1-7-18-14(20)19-12-9-8-11(10-13(12)23-6)17(22)24-16(4,5)15(2,3)21/h8-10,21-22H,7H2,1-6H3,(H2,18,19,20). The predicted molar refractivity (Wildman–Crippen MR) is 94.8 cm³/mol. The molecule has 1 rings (SSSR count). The first kappa shape index (κ1) is 20.3. The van der Waals surface area contributed by atoms with Gasteiger partial charge in [-0.1, -0.05) is 6.07 Å². The molecule has 7 nitrogen and oxygen atoms in total. The van der Waals surface area contributed by atoms with Gasteiger partial charge in [0.25, 0.3) is 0 Å². The van der Waals surface area contributed by atoms with Gasteiger partial charge in [-0.25, -0.2) is 4.79 Å². The molecule has 0 saturated carbocycles. The van der Waals surface area contributed by atoms with Gasteiger partial charge in [0.05, 0.1) is 24.0 Å². The molecule has 0 spiro atoms. The van der Waals surface area contributed by atoms with Crippen molar-refractivity contribution < 1.29 is 24.3 Å². The number of benzene rings is 1. The van der Waals surface area contributed by atoms with Crippen LogP contribution < -0.4 is 20.8 Å². The zero-order valence-electron chi connectivity index (χ0n) is 15.1. The van der Waals surface area contributed by atoms with Crippen LogP contribution >= 0.6 is 0 Å². The largest absolute Gasteiger partial charge is 0.495 e. The van der Waals surface area contributed by atoms with E-state index in [0.717, 1.165) is 0 Å². The Labute approximate surface area is 143 Å². The quantitative estimate of drug-likeness (QED) is 0.558. The smallest absolute Gasteiger partial charge is 0.491 e. The summed E-state index contributed by atoms with van der Waals surface area (Å²) in [6.07, 6.45) is 0. The number of carbonyl (C=O) groups excluding carboxylic acids is 1. The number of rotatable bonds is 7. The maximum absolute atomic E-state index is 11.6. The zero-order chi connectivity index (χ0) is 18.5. The van der Waals surface area contributed by atoms with Crippen molar-refractivity contribution in [1.82, 2.24) is 5.32 Å². The molecular formula is C16H27BN2O5. The summed E-state index contributed by atoms with van der Waals surface area (Å²) in [5, 5.41) is 25.7. The van der Waals surface area contributed by atoms with Crippen LogP contribution in [0.15, 0.2) is 18.2 Å². The van der Waals surface area contributed by atoms with Crippen LogP contribution in [0, 0.1) is 0 Å². The summed E-state index contributed by atoms with van der Waals surface area (Å²) in [6, 6.07) is 4.47. The fourth-order valence-electron chi connectivity index (χ4n) is 1.78. The molecule has 134 valence electrons. The molecule has 0 aliphatic carbocycles. The molecule has 8 heteroatoms. The van der Waals surface area contributed by atoms with Crippen LogP contribution in [0.1, 0.15) is 34.6 Å². The number of hydrogen-bond acceptors (Lipinski definition) is 5. The molecular weight excluding hydrogens is 311 g/mol. The van der Waals surface area contributed by atoms with E-state index < -0.39 is 18.3 Å². The van der Waals surface area contributed by atoms with E-state index >= 15 is 0 Å². The van der Waals surface area contributed by atoms with Crippen LogP contribution in [0.3, 0.4) is 0 Å². The molecule has 4 N–H and O–H groups in total. The molecule has 2 amide bonds. The Morgan fingerprint density at radius 2 is 1.92 bits per heavy atom. The molecule has 0 radical (unpaired) electrons. The first-order valence-electron chi connectivity index (χ1n) is 7.83. The lowest BCUT2D eigenvalue weighted by Crippen LogP contribution is -2.53. The second kappa shape index (κ2) is 7.87. The zero-order valence-corrected chi connectivity index (χ0v) is 15.1. The highest BCUT2D eigenvalue weighted by Crippen LogP contribution is 2.26. The molecule has 24 heavy (non-hydrogen) atoms. The third-order valence-corrected chi connectivity index (χ3v) is 3.98. The first-order chi connectivity index (χ1) is 11.0. The number of carbonyl (C=O) groups is 1. The van der Waals surface area contributed by atoms with Crippen LogP contribution in [-0.2, 0) is 4.65 Å².